The highest BCUT2D eigenvalue weighted by Gasteiger charge is 2.37. The lowest BCUT2D eigenvalue weighted by Crippen LogP contribution is -2.25. The highest BCUT2D eigenvalue weighted by Crippen LogP contribution is 2.44. The molecule has 0 saturated carbocycles. The van der Waals surface area contributed by atoms with Crippen LogP contribution in [0.15, 0.2) is 8.57 Å². The van der Waals surface area contributed by atoms with Crippen LogP contribution in [0.25, 0.3) is 0 Å². The highest BCUT2D eigenvalue weighted by atomic mass is 32.2. The van der Waals surface area contributed by atoms with Crippen LogP contribution < -0.4 is 10.5 Å². The van der Waals surface area contributed by atoms with Crippen LogP contribution in [-0.4, -0.2) is 42.1 Å². The number of anilines is 1. The first-order valence-electron chi connectivity index (χ1n) is 10.7. The van der Waals surface area contributed by atoms with Gasteiger partial charge in [-0.15, -0.1) is 15.7 Å². The van der Waals surface area contributed by atoms with Gasteiger partial charge in [0.05, 0.1) is 30.3 Å². The maximum Gasteiger partial charge on any atom is 0.354 e. The Bertz CT molecular complexity index is 1240. The molecule has 2 aromatic heterocycles. The topological polar surface area (TPSA) is 171 Å². The molecule has 0 radical (unpaired) electrons. The standard InChI is InChI=1S/C21H29N5O5S2/c1-20(2)8-7-12-15(11-5-4-6-13(11)23-16(12)20)25-19(29)26-33(22,31)17-14(9-27)24-18(32-17)21(3,30)10-28/h27-28,30H,4-10H2,1-3H3,(H3,22,23,25,26,29,31)/t21-,33?/m1/s1. The number of rotatable bonds is 5. The van der Waals surface area contributed by atoms with Crippen molar-refractivity contribution in [3.63, 3.8) is 0 Å². The smallest absolute Gasteiger partial charge is 0.354 e. The van der Waals surface area contributed by atoms with Crippen molar-refractivity contribution in [3.05, 3.63) is 33.2 Å². The van der Waals surface area contributed by atoms with Gasteiger partial charge in [-0.05, 0) is 50.2 Å². The van der Waals surface area contributed by atoms with Gasteiger partial charge in [0.2, 0.25) is 0 Å². The fraction of sp³-hybridized carbons (Fsp3) is 0.571. The minimum atomic E-state index is -3.77. The maximum absolute atomic E-state index is 13.2. The molecule has 2 amide bonds. The number of carbonyl (C=O) groups excluding carboxylic acids is 1. The van der Waals surface area contributed by atoms with E-state index in [0.717, 1.165) is 66.0 Å². The predicted molar refractivity (Wildman–Crippen MR) is 124 cm³/mol. The second kappa shape index (κ2) is 8.36. The minimum absolute atomic E-state index is 0.0184. The van der Waals surface area contributed by atoms with Crippen LogP contribution in [0.4, 0.5) is 10.5 Å². The summed E-state index contributed by atoms with van der Waals surface area (Å²) in [6.45, 7) is 4.34. The highest BCUT2D eigenvalue weighted by molar-refractivity contribution is 7.93. The lowest BCUT2D eigenvalue weighted by atomic mass is 9.90. The second-order valence-electron chi connectivity index (χ2n) is 9.41. The number of fused-ring (bicyclic) bond motifs is 2. The van der Waals surface area contributed by atoms with E-state index in [0.29, 0.717) is 5.69 Å². The summed E-state index contributed by atoms with van der Waals surface area (Å²) >= 11 is 0.745. The number of nitrogens with one attached hydrogen (secondary N) is 1. The van der Waals surface area contributed by atoms with Gasteiger partial charge in [-0.1, -0.05) is 13.8 Å². The Labute approximate surface area is 196 Å². The molecule has 0 bridgehead atoms. The van der Waals surface area contributed by atoms with E-state index in [1.807, 2.05) is 0 Å². The van der Waals surface area contributed by atoms with E-state index in [2.05, 4.69) is 28.5 Å². The SMILES string of the molecule is CC1(C)CCc2c1nc1c(c2NC(=O)N=S(N)(=O)c2sc([C@](C)(O)CO)nc2CO)CCC1. The Kier molecular flexibility index (Phi) is 6.13. The molecular formula is C21H29N5O5S2. The first kappa shape index (κ1) is 24.2. The van der Waals surface area contributed by atoms with Gasteiger partial charge in [-0.2, -0.15) is 0 Å². The number of pyridine rings is 1. The third-order valence-electron chi connectivity index (χ3n) is 6.26. The van der Waals surface area contributed by atoms with Crippen molar-refractivity contribution < 1.29 is 24.3 Å². The van der Waals surface area contributed by atoms with Crippen LogP contribution in [0.2, 0.25) is 0 Å². The number of urea groups is 1. The number of hydrogen-bond acceptors (Lipinski definition) is 8. The monoisotopic (exact) mass is 495 g/mol. The lowest BCUT2D eigenvalue weighted by Gasteiger charge is -2.20. The second-order valence-corrected chi connectivity index (χ2v) is 12.4. The molecule has 180 valence electrons. The third-order valence-corrected chi connectivity index (χ3v) is 9.58. The van der Waals surface area contributed by atoms with E-state index < -0.39 is 34.8 Å². The predicted octanol–water partition coefficient (Wildman–Crippen LogP) is 1.88. The zero-order valence-electron chi connectivity index (χ0n) is 18.8. The number of thiazole rings is 1. The molecule has 33 heavy (non-hydrogen) atoms. The molecule has 2 atom stereocenters. The van der Waals surface area contributed by atoms with Crippen molar-refractivity contribution in [2.45, 2.75) is 74.7 Å². The number of amides is 2. The van der Waals surface area contributed by atoms with E-state index in [9.17, 15) is 24.3 Å². The molecule has 2 heterocycles. The molecule has 6 N–H and O–H groups in total. The summed E-state index contributed by atoms with van der Waals surface area (Å²) in [5.41, 5.74) is 2.77. The summed E-state index contributed by atoms with van der Waals surface area (Å²) in [7, 11) is -3.77. The van der Waals surface area contributed by atoms with Gasteiger partial charge in [0.15, 0.2) is 9.92 Å². The molecule has 2 aromatic rings. The van der Waals surface area contributed by atoms with E-state index in [4.69, 9.17) is 10.1 Å². The van der Waals surface area contributed by atoms with E-state index >= 15 is 0 Å². The summed E-state index contributed by atoms with van der Waals surface area (Å²) in [5, 5.41) is 38.1. The molecule has 1 unspecified atom stereocenters. The molecule has 2 aliphatic carbocycles. The summed E-state index contributed by atoms with van der Waals surface area (Å²) in [5.74, 6) is 0. The number of aliphatic hydroxyl groups is 3. The minimum Gasteiger partial charge on any atom is -0.393 e. The van der Waals surface area contributed by atoms with Gasteiger partial charge >= 0.3 is 6.03 Å². The zero-order valence-corrected chi connectivity index (χ0v) is 20.5. The van der Waals surface area contributed by atoms with Crippen LogP contribution in [-0.2, 0) is 46.8 Å². The maximum atomic E-state index is 13.2. The molecule has 0 saturated heterocycles. The number of nitrogens with two attached hydrogens (primary N) is 1. The number of carbonyl (C=O) groups is 1. The molecule has 2 aliphatic rings. The molecule has 4 rings (SSSR count). The van der Waals surface area contributed by atoms with Gasteiger partial charge in [0.25, 0.3) is 0 Å². The largest absolute Gasteiger partial charge is 0.393 e. The van der Waals surface area contributed by atoms with Crippen LogP contribution >= 0.6 is 11.3 Å². The Morgan fingerprint density at radius 2 is 2.00 bits per heavy atom. The molecule has 10 nitrogen and oxygen atoms in total. The normalized spacial score (nSPS) is 20.0. The molecular weight excluding hydrogens is 466 g/mol. The van der Waals surface area contributed by atoms with Crippen LogP contribution in [0.3, 0.4) is 0 Å². The van der Waals surface area contributed by atoms with Crippen molar-refractivity contribution in [2.75, 3.05) is 11.9 Å². The summed E-state index contributed by atoms with van der Waals surface area (Å²) in [6.07, 6.45) is 4.29. The van der Waals surface area contributed by atoms with Crippen molar-refractivity contribution in [1.29, 1.82) is 0 Å². The summed E-state index contributed by atoms with van der Waals surface area (Å²) in [4.78, 5) is 21.8. The van der Waals surface area contributed by atoms with Crippen molar-refractivity contribution in [3.8, 4) is 0 Å². The van der Waals surface area contributed by atoms with Crippen molar-refractivity contribution in [2.24, 2.45) is 9.50 Å². The van der Waals surface area contributed by atoms with Gasteiger partial charge in [0.1, 0.15) is 14.8 Å². The Hall–Kier alpha value is -1.96. The first-order chi connectivity index (χ1) is 15.4. The van der Waals surface area contributed by atoms with Gasteiger partial charge in [-0.3, -0.25) is 4.98 Å². The Morgan fingerprint density at radius 3 is 2.67 bits per heavy atom. The fourth-order valence-electron chi connectivity index (χ4n) is 4.39. The quantitative estimate of drug-likeness (QED) is 0.421. The number of nitrogens with zero attached hydrogens (tertiary/aromatic N) is 3. The Balaban J connectivity index is 1.72. The van der Waals surface area contributed by atoms with Gasteiger partial charge in [-0.25, -0.2) is 19.1 Å². The number of hydrogen-bond donors (Lipinski definition) is 5. The van der Waals surface area contributed by atoms with Crippen LogP contribution in [0.1, 0.15) is 66.8 Å². The van der Waals surface area contributed by atoms with Crippen molar-refractivity contribution in [1.82, 2.24) is 9.97 Å². The van der Waals surface area contributed by atoms with Gasteiger partial charge in [0, 0.05) is 11.1 Å². The molecule has 12 heteroatoms. The van der Waals surface area contributed by atoms with Crippen LogP contribution in [0, 0.1) is 0 Å². The summed E-state index contributed by atoms with van der Waals surface area (Å²) in [6, 6.07) is -0.859. The van der Waals surface area contributed by atoms with E-state index in [-0.39, 0.29) is 20.3 Å². The first-order valence-corrected chi connectivity index (χ1v) is 13.1. The number of aryl methyl sites for hydroxylation is 1. The van der Waals surface area contributed by atoms with Gasteiger partial charge < -0.3 is 20.6 Å². The molecule has 0 aliphatic heterocycles. The van der Waals surface area contributed by atoms with Crippen molar-refractivity contribution >= 4 is 33.0 Å². The summed E-state index contributed by atoms with van der Waals surface area (Å²) < 4.78 is 16.8. The number of aromatic nitrogens is 2. The zero-order chi connectivity index (χ0) is 24.2. The Morgan fingerprint density at radius 1 is 1.27 bits per heavy atom. The number of aliphatic hydroxyl groups excluding tert-OH is 2. The molecule has 0 spiro atoms. The molecule has 0 aromatic carbocycles. The lowest BCUT2D eigenvalue weighted by molar-refractivity contribution is -0.00264. The third kappa shape index (κ3) is 4.31. The average molecular weight is 496 g/mol. The van der Waals surface area contributed by atoms with E-state index in [1.54, 1.807) is 0 Å². The van der Waals surface area contributed by atoms with Crippen LogP contribution in [0.5, 0.6) is 0 Å². The fourth-order valence-corrected chi connectivity index (χ4v) is 6.88. The van der Waals surface area contributed by atoms with E-state index in [1.165, 1.54) is 6.92 Å². The average Bonchev–Trinajstić information content (AvgIpc) is 3.45. The molecule has 0 fully saturated rings.